The first-order valence-electron chi connectivity index (χ1n) is 12.6. The lowest BCUT2D eigenvalue weighted by atomic mass is 9.90. The predicted molar refractivity (Wildman–Crippen MR) is 150 cm³/mol. The summed E-state index contributed by atoms with van der Waals surface area (Å²) in [4.78, 5) is 49.3. The van der Waals surface area contributed by atoms with E-state index in [0.717, 1.165) is 16.7 Å². The molecule has 1 aliphatic carbocycles. The second-order valence-corrected chi connectivity index (χ2v) is 11.2. The molecule has 2 aromatic carbocycles. The molecule has 6 rings (SSSR count). The SMILES string of the molecule is C[C@@]1(Cc2ccc(-c3cccnc3)cc2)C(=O)N(c2cc(Cl)cc(Cl)c2)c2ncc(C(=O)NC3(C(=O)O)CC3)n21. The highest BCUT2D eigenvalue weighted by atomic mass is 35.5. The number of nitrogens with one attached hydrogen (secondary N) is 1. The molecule has 2 N–H and O–H groups in total. The number of nitrogens with zero attached hydrogens (tertiary/aromatic N) is 4. The average Bonchev–Trinajstić information content (AvgIpc) is 3.52. The molecule has 11 heteroatoms. The molecule has 1 atom stereocenters. The summed E-state index contributed by atoms with van der Waals surface area (Å²) in [5.41, 5.74) is 0.699. The van der Waals surface area contributed by atoms with Crippen LogP contribution in [0.15, 0.2) is 73.2 Å². The molecule has 3 heterocycles. The number of hydrogen-bond donors (Lipinski definition) is 2. The van der Waals surface area contributed by atoms with Gasteiger partial charge < -0.3 is 10.4 Å². The third kappa shape index (κ3) is 4.31. The number of rotatable bonds is 7. The van der Waals surface area contributed by atoms with Gasteiger partial charge in [-0.2, -0.15) is 0 Å². The van der Waals surface area contributed by atoms with E-state index in [-0.39, 0.29) is 24.0 Å². The minimum absolute atomic E-state index is 0.0842. The lowest BCUT2D eigenvalue weighted by Gasteiger charge is -2.27. The molecule has 0 unspecified atom stereocenters. The molecule has 2 aliphatic rings. The lowest BCUT2D eigenvalue weighted by Crippen LogP contribution is -2.46. The molecule has 4 aromatic rings. The third-order valence-electron chi connectivity index (χ3n) is 7.45. The fourth-order valence-corrected chi connectivity index (χ4v) is 5.69. The number of hydrogen-bond acceptors (Lipinski definition) is 5. The molecule has 1 aliphatic heterocycles. The van der Waals surface area contributed by atoms with Crippen LogP contribution in [0.5, 0.6) is 0 Å². The number of anilines is 2. The maximum absolute atomic E-state index is 14.2. The van der Waals surface area contributed by atoms with Crippen LogP contribution < -0.4 is 10.2 Å². The van der Waals surface area contributed by atoms with Crippen LogP contribution in [0.2, 0.25) is 10.0 Å². The van der Waals surface area contributed by atoms with Crippen molar-refractivity contribution in [2.75, 3.05) is 4.90 Å². The van der Waals surface area contributed by atoms with E-state index in [1.54, 1.807) is 42.1 Å². The van der Waals surface area contributed by atoms with Crippen molar-refractivity contribution in [3.05, 3.63) is 94.5 Å². The molecule has 0 saturated heterocycles. The van der Waals surface area contributed by atoms with E-state index in [1.807, 2.05) is 36.4 Å². The van der Waals surface area contributed by atoms with Crippen molar-refractivity contribution in [2.24, 2.45) is 0 Å². The van der Waals surface area contributed by atoms with Crippen molar-refractivity contribution < 1.29 is 19.5 Å². The molecule has 0 spiro atoms. The number of carboxylic acids is 1. The first kappa shape index (κ1) is 26.0. The molecule has 202 valence electrons. The van der Waals surface area contributed by atoms with E-state index in [9.17, 15) is 19.5 Å². The van der Waals surface area contributed by atoms with E-state index in [0.29, 0.717) is 28.6 Å². The summed E-state index contributed by atoms with van der Waals surface area (Å²) in [6, 6.07) is 16.4. The van der Waals surface area contributed by atoms with Gasteiger partial charge in [-0.05, 0) is 60.7 Å². The Labute approximate surface area is 239 Å². The van der Waals surface area contributed by atoms with E-state index in [1.165, 1.54) is 11.1 Å². The van der Waals surface area contributed by atoms with Crippen LogP contribution in [-0.2, 0) is 21.5 Å². The normalized spacial score (nSPS) is 18.9. The van der Waals surface area contributed by atoms with Crippen molar-refractivity contribution in [1.29, 1.82) is 0 Å². The van der Waals surface area contributed by atoms with Crippen molar-refractivity contribution in [3.8, 4) is 11.1 Å². The predicted octanol–water partition coefficient (Wildman–Crippen LogP) is 5.24. The molecular weight excluding hydrogens is 553 g/mol. The molecular formula is C29H23Cl2N5O4. The number of benzene rings is 2. The summed E-state index contributed by atoms with van der Waals surface area (Å²) < 4.78 is 1.58. The summed E-state index contributed by atoms with van der Waals surface area (Å²) in [7, 11) is 0. The van der Waals surface area contributed by atoms with Gasteiger partial charge in [0.1, 0.15) is 16.8 Å². The van der Waals surface area contributed by atoms with Crippen LogP contribution in [0, 0.1) is 0 Å². The highest BCUT2D eigenvalue weighted by Crippen LogP contribution is 2.44. The Hall–Kier alpha value is -4.21. The van der Waals surface area contributed by atoms with Crippen molar-refractivity contribution >= 4 is 52.6 Å². The van der Waals surface area contributed by atoms with Crippen molar-refractivity contribution in [3.63, 3.8) is 0 Å². The highest BCUT2D eigenvalue weighted by molar-refractivity contribution is 6.35. The van der Waals surface area contributed by atoms with Crippen LogP contribution in [0.3, 0.4) is 0 Å². The Kier molecular flexibility index (Phi) is 6.16. The smallest absolute Gasteiger partial charge is 0.329 e. The number of aliphatic carboxylic acids is 1. The Morgan fingerprint density at radius 1 is 1.02 bits per heavy atom. The molecule has 0 radical (unpaired) electrons. The Balaban J connectivity index is 1.41. The van der Waals surface area contributed by atoms with Crippen LogP contribution in [0.25, 0.3) is 11.1 Å². The number of amides is 2. The molecule has 1 saturated carbocycles. The quantitative estimate of drug-likeness (QED) is 0.311. The summed E-state index contributed by atoms with van der Waals surface area (Å²) in [5, 5.41) is 12.9. The van der Waals surface area contributed by atoms with Gasteiger partial charge in [-0.15, -0.1) is 0 Å². The molecule has 9 nitrogen and oxygen atoms in total. The van der Waals surface area contributed by atoms with Gasteiger partial charge in [-0.1, -0.05) is 53.5 Å². The second-order valence-electron chi connectivity index (χ2n) is 10.3. The monoisotopic (exact) mass is 575 g/mol. The van der Waals surface area contributed by atoms with Gasteiger partial charge in [0.25, 0.3) is 11.8 Å². The fraction of sp³-hybridized carbons (Fsp3) is 0.207. The number of fused-ring (bicyclic) bond motifs is 1. The largest absolute Gasteiger partial charge is 0.480 e. The average molecular weight is 576 g/mol. The van der Waals surface area contributed by atoms with Gasteiger partial charge in [-0.25, -0.2) is 14.7 Å². The van der Waals surface area contributed by atoms with E-state index >= 15 is 0 Å². The third-order valence-corrected chi connectivity index (χ3v) is 7.88. The fourth-order valence-electron chi connectivity index (χ4n) is 5.17. The van der Waals surface area contributed by atoms with Crippen molar-refractivity contribution in [2.45, 2.75) is 37.3 Å². The van der Waals surface area contributed by atoms with Gasteiger partial charge in [0.15, 0.2) is 0 Å². The van der Waals surface area contributed by atoms with Gasteiger partial charge in [0.05, 0.1) is 11.9 Å². The number of imidazole rings is 1. The zero-order valence-corrected chi connectivity index (χ0v) is 22.8. The first-order chi connectivity index (χ1) is 19.1. The van der Waals surface area contributed by atoms with Gasteiger partial charge in [0.2, 0.25) is 5.95 Å². The molecule has 0 bridgehead atoms. The Bertz CT molecular complexity index is 1650. The summed E-state index contributed by atoms with van der Waals surface area (Å²) in [5.74, 6) is -1.83. The molecule has 2 amide bonds. The second kappa shape index (κ2) is 9.46. The molecule has 2 aromatic heterocycles. The lowest BCUT2D eigenvalue weighted by molar-refractivity contribution is -0.140. The number of carboxylic acid groups (broad SMARTS) is 1. The van der Waals surface area contributed by atoms with Crippen LogP contribution in [0.4, 0.5) is 11.6 Å². The highest BCUT2D eigenvalue weighted by Gasteiger charge is 2.54. The number of carbonyl (C=O) groups excluding carboxylic acids is 2. The van der Waals surface area contributed by atoms with Crippen LogP contribution in [0.1, 0.15) is 35.8 Å². The van der Waals surface area contributed by atoms with Gasteiger partial charge in [-0.3, -0.25) is 19.1 Å². The Morgan fingerprint density at radius 2 is 1.73 bits per heavy atom. The Morgan fingerprint density at radius 3 is 2.33 bits per heavy atom. The zero-order chi connectivity index (χ0) is 28.2. The molecule has 40 heavy (non-hydrogen) atoms. The summed E-state index contributed by atoms with van der Waals surface area (Å²) in [6.45, 7) is 1.74. The van der Waals surface area contributed by atoms with E-state index < -0.39 is 23.0 Å². The molecule has 1 fully saturated rings. The maximum atomic E-state index is 14.2. The number of aromatic nitrogens is 3. The minimum atomic E-state index is -1.30. The van der Waals surface area contributed by atoms with Gasteiger partial charge >= 0.3 is 5.97 Å². The van der Waals surface area contributed by atoms with Gasteiger partial charge in [0, 0.05) is 28.9 Å². The zero-order valence-electron chi connectivity index (χ0n) is 21.3. The van der Waals surface area contributed by atoms with Crippen LogP contribution >= 0.6 is 23.2 Å². The number of carbonyl (C=O) groups is 3. The first-order valence-corrected chi connectivity index (χ1v) is 13.3. The maximum Gasteiger partial charge on any atom is 0.329 e. The minimum Gasteiger partial charge on any atom is -0.480 e. The number of halogens is 2. The standard InChI is InChI=1S/C29H23Cl2N5O4/c1-28(14-17-4-6-18(7-5-17)19-3-2-10-32-15-19)25(38)35(22-12-20(30)11-21(31)13-22)27-33-16-23(36(27)28)24(37)34-29(8-9-29)26(39)40/h2-7,10-13,15-16H,8-9,14H2,1H3,(H,34,37)(H,39,40)/t28-/m1/s1. The summed E-state index contributed by atoms with van der Waals surface area (Å²) >= 11 is 12.5. The summed E-state index contributed by atoms with van der Waals surface area (Å²) in [6.07, 6.45) is 5.75. The van der Waals surface area contributed by atoms with E-state index in [2.05, 4.69) is 15.3 Å². The topological polar surface area (TPSA) is 117 Å². The van der Waals surface area contributed by atoms with Crippen molar-refractivity contribution in [1.82, 2.24) is 19.9 Å². The van der Waals surface area contributed by atoms with E-state index in [4.69, 9.17) is 23.2 Å². The van der Waals surface area contributed by atoms with Crippen LogP contribution in [-0.4, -0.2) is 43.0 Å². The number of pyridine rings is 1.